The van der Waals surface area contributed by atoms with Gasteiger partial charge >= 0.3 is 0 Å². The Labute approximate surface area is 116 Å². The van der Waals surface area contributed by atoms with Crippen LogP contribution in [0.2, 0.25) is 0 Å². The first-order chi connectivity index (χ1) is 9.06. The summed E-state index contributed by atoms with van der Waals surface area (Å²) < 4.78 is 10.7. The van der Waals surface area contributed by atoms with E-state index in [1.807, 2.05) is 18.7 Å². The molecule has 5 heteroatoms. The third-order valence-corrected chi connectivity index (χ3v) is 3.46. The zero-order valence-corrected chi connectivity index (χ0v) is 12.6. The first-order valence-electron chi connectivity index (χ1n) is 7.26. The van der Waals surface area contributed by atoms with Crippen LogP contribution < -0.4 is 5.32 Å². The van der Waals surface area contributed by atoms with Crippen LogP contribution in [0.15, 0.2) is 0 Å². The smallest absolute Gasteiger partial charge is 0.239 e. The molecule has 0 aromatic carbocycles. The molecule has 0 bridgehead atoms. The predicted octanol–water partition coefficient (Wildman–Crippen LogP) is 0.884. The Kier molecular flexibility index (Phi) is 7.34. The molecule has 0 radical (unpaired) electrons. The van der Waals surface area contributed by atoms with Crippen LogP contribution in [0.5, 0.6) is 0 Å². The van der Waals surface area contributed by atoms with Crippen molar-refractivity contribution in [3.8, 4) is 0 Å². The molecule has 0 saturated carbocycles. The van der Waals surface area contributed by atoms with Gasteiger partial charge in [-0.25, -0.2) is 0 Å². The van der Waals surface area contributed by atoms with Gasteiger partial charge in [-0.3, -0.25) is 4.79 Å². The Morgan fingerprint density at radius 2 is 1.95 bits per heavy atom. The largest absolute Gasteiger partial charge is 0.380 e. The molecule has 1 N–H and O–H groups in total. The van der Waals surface area contributed by atoms with Gasteiger partial charge in [-0.1, -0.05) is 13.8 Å². The van der Waals surface area contributed by atoms with Crippen LogP contribution in [-0.2, 0) is 14.3 Å². The zero-order chi connectivity index (χ0) is 14.3. The van der Waals surface area contributed by atoms with Crippen molar-refractivity contribution in [2.45, 2.75) is 39.8 Å². The molecular formula is C14H28N2O3. The number of ether oxygens (including phenoxy) is 2. The van der Waals surface area contributed by atoms with Gasteiger partial charge < -0.3 is 19.7 Å². The standard InChI is InChI=1S/C14H28N2O3/c1-5-18-10-13(11(2)3)15-12(4)14(17)16-6-8-19-9-7-16/h11-13,15H,5-10H2,1-4H3. The van der Waals surface area contributed by atoms with Crippen LogP contribution in [-0.4, -0.2) is 62.4 Å². The zero-order valence-electron chi connectivity index (χ0n) is 12.6. The van der Waals surface area contributed by atoms with Crippen LogP contribution in [0.3, 0.4) is 0 Å². The van der Waals surface area contributed by atoms with Crippen LogP contribution in [0.4, 0.5) is 0 Å². The Bertz CT molecular complexity index is 265. The highest BCUT2D eigenvalue weighted by atomic mass is 16.5. The maximum Gasteiger partial charge on any atom is 0.239 e. The van der Waals surface area contributed by atoms with Crippen molar-refractivity contribution in [1.82, 2.24) is 10.2 Å². The fourth-order valence-corrected chi connectivity index (χ4v) is 2.13. The number of carbonyl (C=O) groups is 1. The van der Waals surface area contributed by atoms with E-state index in [2.05, 4.69) is 19.2 Å². The maximum atomic E-state index is 12.3. The molecule has 0 aliphatic carbocycles. The van der Waals surface area contributed by atoms with Crippen molar-refractivity contribution < 1.29 is 14.3 Å². The van der Waals surface area contributed by atoms with Gasteiger partial charge in [0.2, 0.25) is 5.91 Å². The summed E-state index contributed by atoms with van der Waals surface area (Å²) in [5.74, 6) is 0.594. The summed E-state index contributed by atoms with van der Waals surface area (Å²) in [4.78, 5) is 14.2. The number of rotatable bonds is 7. The molecule has 1 fully saturated rings. The first kappa shape index (κ1) is 16.4. The Balaban J connectivity index is 2.45. The van der Waals surface area contributed by atoms with E-state index in [-0.39, 0.29) is 18.0 Å². The minimum Gasteiger partial charge on any atom is -0.380 e. The maximum absolute atomic E-state index is 12.3. The van der Waals surface area contributed by atoms with E-state index in [0.717, 1.165) is 0 Å². The summed E-state index contributed by atoms with van der Waals surface area (Å²) in [7, 11) is 0. The fourth-order valence-electron chi connectivity index (χ4n) is 2.13. The lowest BCUT2D eigenvalue weighted by Gasteiger charge is -2.32. The number of nitrogens with zero attached hydrogens (tertiary/aromatic N) is 1. The lowest BCUT2D eigenvalue weighted by molar-refractivity contribution is -0.137. The summed E-state index contributed by atoms with van der Waals surface area (Å²) in [6.45, 7) is 12.2. The number of carbonyl (C=O) groups excluding carboxylic acids is 1. The van der Waals surface area contributed by atoms with Crippen LogP contribution in [0.25, 0.3) is 0 Å². The van der Waals surface area contributed by atoms with E-state index >= 15 is 0 Å². The van der Waals surface area contributed by atoms with Crippen LogP contribution in [0, 0.1) is 5.92 Å². The highest BCUT2D eigenvalue weighted by Crippen LogP contribution is 2.06. The monoisotopic (exact) mass is 272 g/mol. The number of morpholine rings is 1. The second-order valence-corrected chi connectivity index (χ2v) is 5.34. The molecule has 1 amide bonds. The molecule has 1 heterocycles. The van der Waals surface area contributed by atoms with Gasteiger partial charge in [0.05, 0.1) is 25.9 Å². The van der Waals surface area contributed by atoms with Gasteiger partial charge in [-0.15, -0.1) is 0 Å². The fraction of sp³-hybridized carbons (Fsp3) is 0.929. The summed E-state index contributed by atoms with van der Waals surface area (Å²) in [5.41, 5.74) is 0. The summed E-state index contributed by atoms with van der Waals surface area (Å²) in [6, 6.07) is 0.0332. The topological polar surface area (TPSA) is 50.8 Å². The van der Waals surface area contributed by atoms with Gasteiger partial charge in [0.15, 0.2) is 0 Å². The molecule has 0 aromatic rings. The van der Waals surface area contributed by atoms with Crippen molar-refractivity contribution in [3.63, 3.8) is 0 Å². The normalized spacial score (nSPS) is 19.5. The van der Waals surface area contributed by atoms with Crippen molar-refractivity contribution in [2.75, 3.05) is 39.5 Å². The van der Waals surface area contributed by atoms with E-state index in [9.17, 15) is 4.79 Å². The highest BCUT2D eigenvalue weighted by molar-refractivity contribution is 5.81. The molecule has 0 spiro atoms. The molecule has 1 saturated heterocycles. The van der Waals surface area contributed by atoms with Gasteiger partial charge in [-0.2, -0.15) is 0 Å². The van der Waals surface area contributed by atoms with E-state index in [4.69, 9.17) is 9.47 Å². The van der Waals surface area contributed by atoms with Crippen molar-refractivity contribution in [1.29, 1.82) is 0 Å². The quantitative estimate of drug-likeness (QED) is 0.747. The van der Waals surface area contributed by atoms with E-state index in [0.29, 0.717) is 45.4 Å². The molecular weight excluding hydrogens is 244 g/mol. The van der Waals surface area contributed by atoms with Crippen molar-refractivity contribution in [3.05, 3.63) is 0 Å². The lowest BCUT2D eigenvalue weighted by Crippen LogP contribution is -2.53. The molecule has 19 heavy (non-hydrogen) atoms. The van der Waals surface area contributed by atoms with Gasteiger partial charge in [-0.05, 0) is 19.8 Å². The highest BCUT2D eigenvalue weighted by Gasteiger charge is 2.25. The van der Waals surface area contributed by atoms with Crippen molar-refractivity contribution in [2.24, 2.45) is 5.92 Å². The molecule has 2 atom stereocenters. The lowest BCUT2D eigenvalue weighted by atomic mass is 10.0. The number of hydrogen-bond acceptors (Lipinski definition) is 4. The molecule has 5 nitrogen and oxygen atoms in total. The van der Waals surface area contributed by atoms with Gasteiger partial charge in [0, 0.05) is 25.7 Å². The average molecular weight is 272 g/mol. The van der Waals surface area contributed by atoms with Gasteiger partial charge in [0.25, 0.3) is 0 Å². The molecule has 1 aliphatic rings. The number of nitrogens with one attached hydrogen (secondary N) is 1. The minimum atomic E-state index is -0.175. The minimum absolute atomic E-state index is 0.158. The summed E-state index contributed by atoms with van der Waals surface area (Å²) in [6.07, 6.45) is 0. The molecule has 1 aliphatic heterocycles. The first-order valence-corrected chi connectivity index (χ1v) is 7.26. The number of hydrogen-bond donors (Lipinski definition) is 1. The van der Waals surface area contributed by atoms with Crippen LogP contribution >= 0.6 is 0 Å². The Morgan fingerprint density at radius 3 is 2.47 bits per heavy atom. The predicted molar refractivity (Wildman–Crippen MR) is 75.1 cm³/mol. The molecule has 1 rings (SSSR count). The van der Waals surface area contributed by atoms with Crippen molar-refractivity contribution >= 4 is 5.91 Å². The summed E-state index contributed by atoms with van der Waals surface area (Å²) in [5, 5.41) is 3.39. The SMILES string of the molecule is CCOCC(NC(C)C(=O)N1CCOCC1)C(C)C. The molecule has 2 unspecified atom stereocenters. The number of amides is 1. The second kappa shape index (κ2) is 8.51. The Morgan fingerprint density at radius 1 is 1.32 bits per heavy atom. The van der Waals surface area contributed by atoms with E-state index < -0.39 is 0 Å². The Hall–Kier alpha value is -0.650. The third kappa shape index (κ3) is 5.47. The molecule has 112 valence electrons. The molecule has 0 aromatic heterocycles. The summed E-state index contributed by atoms with van der Waals surface area (Å²) >= 11 is 0. The average Bonchev–Trinajstić information content (AvgIpc) is 2.43. The van der Waals surface area contributed by atoms with E-state index in [1.54, 1.807) is 0 Å². The van der Waals surface area contributed by atoms with Crippen LogP contribution in [0.1, 0.15) is 27.7 Å². The van der Waals surface area contributed by atoms with E-state index in [1.165, 1.54) is 0 Å². The third-order valence-electron chi connectivity index (χ3n) is 3.46. The van der Waals surface area contributed by atoms with Gasteiger partial charge in [0.1, 0.15) is 0 Å². The second-order valence-electron chi connectivity index (χ2n) is 5.34.